The first-order valence-electron chi connectivity index (χ1n) is 3.85. The van der Waals surface area contributed by atoms with Crippen molar-refractivity contribution in [1.29, 1.82) is 0 Å². The summed E-state index contributed by atoms with van der Waals surface area (Å²) in [4.78, 5) is 10.8. The number of rotatable bonds is 3. The van der Waals surface area contributed by atoms with Gasteiger partial charge < -0.3 is 15.5 Å². The zero-order chi connectivity index (χ0) is 10.0. The van der Waals surface area contributed by atoms with Crippen LogP contribution in [0.25, 0.3) is 0 Å². The van der Waals surface area contributed by atoms with Gasteiger partial charge in [0.25, 0.3) is 0 Å². The van der Waals surface area contributed by atoms with Crippen LogP contribution in [0.3, 0.4) is 0 Å². The molecule has 0 fully saturated rings. The lowest BCUT2D eigenvalue weighted by atomic mass is 10.4. The van der Waals surface area contributed by atoms with Gasteiger partial charge in [-0.1, -0.05) is 0 Å². The molecule has 0 saturated heterocycles. The van der Waals surface area contributed by atoms with Crippen LogP contribution >= 0.6 is 0 Å². The van der Waals surface area contributed by atoms with Crippen molar-refractivity contribution in [2.24, 2.45) is 0 Å². The summed E-state index contributed by atoms with van der Waals surface area (Å²) in [6, 6.07) is 1.36. The highest BCUT2D eigenvalue weighted by atomic mass is 16.3. The second-order valence-corrected chi connectivity index (χ2v) is 2.78. The lowest BCUT2D eigenvalue weighted by molar-refractivity contribution is -0.117. The summed E-state index contributed by atoms with van der Waals surface area (Å²) in [5.41, 5.74) is 0.402. The highest BCUT2D eigenvalue weighted by Crippen LogP contribution is 2.31. The van der Waals surface area contributed by atoms with Crippen molar-refractivity contribution in [2.75, 3.05) is 12.4 Å². The highest BCUT2D eigenvalue weighted by molar-refractivity contribution is 5.76. The minimum absolute atomic E-state index is 0.0284. The molecular formula is C8H12N2O3. The van der Waals surface area contributed by atoms with Gasteiger partial charge in [0, 0.05) is 13.1 Å². The normalized spacial score (nSPS) is 10.0. The van der Waals surface area contributed by atoms with Gasteiger partial charge in [0.05, 0.1) is 6.54 Å². The molecule has 0 unspecified atom stereocenters. The molecule has 0 spiro atoms. The minimum Gasteiger partial charge on any atom is -0.494 e. The Morgan fingerprint density at radius 1 is 1.62 bits per heavy atom. The number of nitrogens with zero attached hydrogens (tertiary/aromatic N) is 1. The van der Waals surface area contributed by atoms with E-state index < -0.39 is 0 Å². The second-order valence-electron chi connectivity index (χ2n) is 2.78. The van der Waals surface area contributed by atoms with Crippen molar-refractivity contribution < 1.29 is 15.0 Å². The number of nitrogens with one attached hydrogen (secondary N) is 1. The largest absolute Gasteiger partial charge is 0.494 e. The third-order valence-corrected chi connectivity index (χ3v) is 1.70. The molecule has 0 radical (unpaired) electrons. The zero-order valence-corrected chi connectivity index (χ0v) is 7.53. The Morgan fingerprint density at radius 3 is 2.62 bits per heavy atom. The molecule has 1 aromatic heterocycles. The van der Waals surface area contributed by atoms with Gasteiger partial charge in [0.15, 0.2) is 5.88 Å². The standard InChI is InChI=1S/C8H12N2O3/c1-5(11)4-10-7(12)3-6(9-2)8(10)13/h3,9,12-13H,4H2,1-2H3. The number of hydrogen-bond acceptors (Lipinski definition) is 4. The van der Waals surface area contributed by atoms with Crippen molar-refractivity contribution >= 4 is 11.5 Å². The molecule has 5 heteroatoms. The molecule has 5 nitrogen and oxygen atoms in total. The maximum absolute atomic E-state index is 10.8. The maximum atomic E-state index is 10.8. The summed E-state index contributed by atoms with van der Waals surface area (Å²) in [5, 5.41) is 21.4. The fourth-order valence-corrected chi connectivity index (χ4v) is 1.09. The Bertz CT molecular complexity index is 330. The lowest BCUT2D eigenvalue weighted by Crippen LogP contribution is -2.05. The predicted molar refractivity (Wildman–Crippen MR) is 48.0 cm³/mol. The molecule has 1 aromatic rings. The molecular weight excluding hydrogens is 172 g/mol. The third-order valence-electron chi connectivity index (χ3n) is 1.70. The van der Waals surface area contributed by atoms with E-state index in [1.165, 1.54) is 13.0 Å². The first-order chi connectivity index (χ1) is 6.06. The van der Waals surface area contributed by atoms with Crippen LogP contribution in [0.5, 0.6) is 11.8 Å². The van der Waals surface area contributed by atoms with Crippen molar-refractivity contribution in [2.45, 2.75) is 13.5 Å². The van der Waals surface area contributed by atoms with Crippen LogP contribution in [-0.2, 0) is 11.3 Å². The zero-order valence-electron chi connectivity index (χ0n) is 7.53. The number of Topliss-reactive ketones (excluding diaryl/α,β-unsaturated/α-hetero) is 1. The van der Waals surface area contributed by atoms with E-state index in [2.05, 4.69) is 5.32 Å². The van der Waals surface area contributed by atoms with Crippen molar-refractivity contribution in [3.63, 3.8) is 0 Å². The Morgan fingerprint density at radius 2 is 2.23 bits per heavy atom. The Kier molecular flexibility index (Phi) is 2.46. The number of anilines is 1. The summed E-state index contributed by atoms with van der Waals surface area (Å²) in [5.74, 6) is -0.392. The average Bonchev–Trinajstić information content (AvgIpc) is 2.31. The monoisotopic (exact) mass is 184 g/mol. The van der Waals surface area contributed by atoms with E-state index >= 15 is 0 Å². The molecule has 0 aliphatic rings. The van der Waals surface area contributed by atoms with Gasteiger partial charge in [-0.3, -0.25) is 9.36 Å². The van der Waals surface area contributed by atoms with E-state index in [0.29, 0.717) is 5.69 Å². The van der Waals surface area contributed by atoms with Gasteiger partial charge >= 0.3 is 0 Å². The topological polar surface area (TPSA) is 74.5 Å². The molecule has 0 aliphatic heterocycles. The number of hydrogen-bond donors (Lipinski definition) is 3. The Hall–Kier alpha value is -1.65. The molecule has 3 N–H and O–H groups in total. The summed E-state index contributed by atoms with van der Waals surface area (Å²) >= 11 is 0. The molecule has 0 aromatic carbocycles. The molecule has 72 valence electrons. The van der Waals surface area contributed by atoms with E-state index in [0.717, 1.165) is 4.57 Å². The summed E-state index contributed by atoms with van der Waals surface area (Å²) in [6.07, 6.45) is 0. The molecule has 0 saturated carbocycles. The fourth-order valence-electron chi connectivity index (χ4n) is 1.09. The van der Waals surface area contributed by atoms with Crippen molar-refractivity contribution in [1.82, 2.24) is 4.57 Å². The maximum Gasteiger partial charge on any atom is 0.218 e. The molecule has 0 atom stereocenters. The van der Waals surface area contributed by atoms with E-state index in [-0.39, 0.29) is 24.1 Å². The lowest BCUT2D eigenvalue weighted by Gasteiger charge is -2.03. The summed E-state index contributed by atoms with van der Waals surface area (Å²) in [7, 11) is 1.62. The molecule has 0 bridgehead atoms. The van der Waals surface area contributed by atoms with Gasteiger partial charge in [-0.2, -0.15) is 0 Å². The number of carbonyl (C=O) groups excluding carboxylic acids is 1. The van der Waals surface area contributed by atoms with Gasteiger partial charge in [0.2, 0.25) is 5.88 Å². The van der Waals surface area contributed by atoms with Crippen LogP contribution in [0.15, 0.2) is 6.07 Å². The van der Waals surface area contributed by atoms with Crippen LogP contribution < -0.4 is 5.32 Å². The van der Waals surface area contributed by atoms with Gasteiger partial charge in [-0.05, 0) is 6.92 Å². The molecule has 0 amide bonds. The van der Waals surface area contributed by atoms with Gasteiger partial charge in [-0.25, -0.2) is 0 Å². The number of carbonyl (C=O) groups is 1. The van der Waals surface area contributed by atoms with Crippen LogP contribution in [0.1, 0.15) is 6.92 Å². The van der Waals surface area contributed by atoms with E-state index in [4.69, 9.17) is 0 Å². The smallest absolute Gasteiger partial charge is 0.218 e. The summed E-state index contributed by atoms with van der Waals surface area (Å²) < 4.78 is 1.13. The summed E-state index contributed by atoms with van der Waals surface area (Å²) in [6.45, 7) is 1.36. The Labute approximate surface area is 75.6 Å². The third kappa shape index (κ3) is 1.74. The van der Waals surface area contributed by atoms with E-state index in [1.807, 2.05) is 0 Å². The molecule has 1 rings (SSSR count). The SMILES string of the molecule is CNc1cc(O)n(CC(C)=O)c1O. The second kappa shape index (κ2) is 3.38. The quantitative estimate of drug-likeness (QED) is 0.640. The first-order valence-corrected chi connectivity index (χ1v) is 3.85. The number of aromatic hydroxyl groups is 2. The highest BCUT2D eigenvalue weighted by Gasteiger charge is 2.13. The minimum atomic E-state index is -0.135. The fraction of sp³-hybridized carbons (Fsp3) is 0.375. The molecule has 13 heavy (non-hydrogen) atoms. The Balaban J connectivity index is 3.05. The van der Waals surface area contributed by atoms with Gasteiger partial charge in [-0.15, -0.1) is 0 Å². The van der Waals surface area contributed by atoms with Crippen LogP contribution in [0, 0.1) is 0 Å². The average molecular weight is 184 g/mol. The van der Waals surface area contributed by atoms with Crippen molar-refractivity contribution in [3.05, 3.63) is 6.07 Å². The van der Waals surface area contributed by atoms with Crippen LogP contribution in [0.4, 0.5) is 5.69 Å². The van der Waals surface area contributed by atoms with Gasteiger partial charge in [0.1, 0.15) is 11.5 Å². The first kappa shape index (κ1) is 9.44. The van der Waals surface area contributed by atoms with Crippen LogP contribution in [-0.4, -0.2) is 27.6 Å². The van der Waals surface area contributed by atoms with Crippen molar-refractivity contribution in [3.8, 4) is 11.8 Å². The van der Waals surface area contributed by atoms with Crippen LogP contribution in [0.2, 0.25) is 0 Å². The predicted octanol–water partition coefficient (Wildman–Crippen LogP) is 0.530. The number of aromatic nitrogens is 1. The van der Waals surface area contributed by atoms with E-state index in [1.54, 1.807) is 7.05 Å². The van der Waals surface area contributed by atoms with E-state index in [9.17, 15) is 15.0 Å². The molecule has 0 aliphatic carbocycles. The molecule has 1 heterocycles. The number of ketones is 1.